The van der Waals surface area contributed by atoms with Crippen LogP contribution >= 0.6 is 0 Å². The fourth-order valence-corrected chi connectivity index (χ4v) is 2.89. The van der Waals surface area contributed by atoms with Crippen molar-refractivity contribution >= 4 is 0 Å². The summed E-state index contributed by atoms with van der Waals surface area (Å²) in [6.07, 6.45) is 11.5. The van der Waals surface area contributed by atoms with Gasteiger partial charge in [-0.1, -0.05) is 20.3 Å². The average molecular weight is 193 g/mol. The van der Waals surface area contributed by atoms with E-state index in [9.17, 15) is 0 Å². The number of nitrogens with one attached hydrogen (secondary N) is 1. The Kier molecular flexibility index (Phi) is 4.01. The first kappa shape index (κ1) is 11.6. The van der Waals surface area contributed by atoms with Crippen molar-refractivity contribution in [2.75, 3.05) is 7.05 Å². The molecule has 1 aliphatic carbocycles. The lowest BCUT2D eigenvalue weighted by atomic mass is 9.76. The molecule has 80 valence electrons. The molecule has 14 heavy (non-hydrogen) atoms. The molecule has 1 saturated carbocycles. The minimum absolute atomic E-state index is 0.502. The van der Waals surface area contributed by atoms with Gasteiger partial charge in [-0.2, -0.15) is 0 Å². The van der Waals surface area contributed by atoms with E-state index in [-0.39, 0.29) is 0 Å². The SMILES string of the molecule is C#CCCC(NC)C1CCCC1(C)C. The molecule has 0 spiro atoms. The van der Waals surface area contributed by atoms with Crippen LogP contribution in [0.2, 0.25) is 0 Å². The molecule has 1 N–H and O–H groups in total. The molecule has 0 amide bonds. The highest BCUT2D eigenvalue weighted by Gasteiger charge is 2.38. The molecule has 0 aromatic rings. The monoisotopic (exact) mass is 193 g/mol. The Morgan fingerprint density at radius 1 is 1.57 bits per heavy atom. The molecular weight excluding hydrogens is 170 g/mol. The lowest BCUT2D eigenvalue weighted by Gasteiger charge is -2.33. The van der Waals surface area contributed by atoms with Crippen LogP contribution in [0.25, 0.3) is 0 Å². The van der Waals surface area contributed by atoms with E-state index in [0.717, 1.165) is 18.8 Å². The van der Waals surface area contributed by atoms with Gasteiger partial charge in [0, 0.05) is 12.5 Å². The molecule has 1 heteroatoms. The average Bonchev–Trinajstić information content (AvgIpc) is 2.48. The highest BCUT2D eigenvalue weighted by atomic mass is 14.9. The third-order valence-corrected chi connectivity index (χ3v) is 3.80. The first-order valence-electron chi connectivity index (χ1n) is 5.72. The third kappa shape index (κ3) is 2.51. The second-order valence-electron chi connectivity index (χ2n) is 5.13. The molecule has 0 aromatic heterocycles. The van der Waals surface area contributed by atoms with Gasteiger partial charge in [-0.15, -0.1) is 12.3 Å². The van der Waals surface area contributed by atoms with E-state index in [0.29, 0.717) is 11.5 Å². The molecule has 0 radical (unpaired) electrons. The van der Waals surface area contributed by atoms with Gasteiger partial charge < -0.3 is 5.32 Å². The molecule has 0 aliphatic heterocycles. The van der Waals surface area contributed by atoms with Gasteiger partial charge in [-0.05, 0) is 37.6 Å². The largest absolute Gasteiger partial charge is 0.317 e. The molecule has 1 fully saturated rings. The maximum atomic E-state index is 5.32. The van der Waals surface area contributed by atoms with Crippen LogP contribution < -0.4 is 5.32 Å². The zero-order valence-corrected chi connectivity index (χ0v) is 9.77. The smallest absolute Gasteiger partial charge is 0.0106 e. The summed E-state index contributed by atoms with van der Waals surface area (Å²) >= 11 is 0. The highest BCUT2D eigenvalue weighted by molar-refractivity contribution is 4.94. The summed E-state index contributed by atoms with van der Waals surface area (Å²) in [5.41, 5.74) is 0.502. The summed E-state index contributed by atoms with van der Waals surface area (Å²) < 4.78 is 0. The fourth-order valence-electron chi connectivity index (χ4n) is 2.89. The molecule has 2 unspecified atom stereocenters. The minimum atomic E-state index is 0.502. The second-order valence-corrected chi connectivity index (χ2v) is 5.13. The van der Waals surface area contributed by atoms with Crippen LogP contribution in [-0.4, -0.2) is 13.1 Å². The van der Waals surface area contributed by atoms with Gasteiger partial charge in [-0.25, -0.2) is 0 Å². The van der Waals surface area contributed by atoms with Crippen LogP contribution in [0.15, 0.2) is 0 Å². The predicted molar refractivity (Wildman–Crippen MR) is 62.0 cm³/mol. The van der Waals surface area contributed by atoms with E-state index in [1.807, 2.05) is 0 Å². The number of terminal acetylenes is 1. The van der Waals surface area contributed by atoms with Gasteiger partial charge in [0.1, 0.15) is 0 Å². The summed E-state index contributed by atoms with van der Waals surface area (Å²) in [7, 11) is 2.07. The minimum Gasteiger partial charge on any atom is -0.317 e. The van der Waals surface area contributed by atoms with Crippen molar-refractivity contribution in [1.82, 2.24) is 5.32 Å². The molecule has 1 aliphatic rings. The summed E-state index contributed by atoms with van der Waals surface area (Å²) in [5.74, 6) is 3.55. The van der Waals surface area contributed by atoms with Gasteiger partial charge in [0.2, 0.25) is 0 Å². The molecule has 0 heterocycles. The Bertz CT molecular complexity index is 212. The van der Waals surface area contributed by atoms with Crippen molar-refractivity contribution < 1.29 is 0 Å². The maximum absolute atomic E-state index is 5.32. The molecule has 0 aromatic carbocycles. The van der Waals surface area contributed by atoms with Gasteiger partial charge in [0.15, 0.2) is 0 Å². The summed E-state index contributed by atoms with van der Waals surface area (Å²) in [6.45, 7) is 4.79. The first-order chi connectivity index (χ1) is 6.61. The van der Waals surface area contributed by atoms with Crippen LogP contribution in [0.4, 0.5) is 0 Å². The third-order valence-electron chi connectivity index (χ3n) is 3.80. The normalized spacial score (nSPS) is 27.1. The number of rotatable bonds is 4. The van der Waals surface area contributed by atoms with Crippen molar-refractivity contribution in [3.8, 4) is 12.3 Å². The molecule has 2 atom stereocenters. The Morgan fingerprint density at radius 3 is 2.71 bits per heavy atom. The Hall–Kier alpha value is -0.480. The summed E-state index contributed by atoms with van der Waals surface area (Å²) in [6, 6.07) is 0.614. The number of hydrogen-bond donors (Lipinski definition) is 1. The zero-order chi connectivity index (χ0) is 10.6. The van der Waals surface area contributed by atoms with Gasteiger partial charge in [0.05, 0.1) is 0 Å². The Balaban J connectivity index is 2.56. The summed E-state index contributed by atoms with van der Waals surface area (Å²) in [4.78, 5) is 0. The van der Waals surface area contributed by atoms with Crippen molar-refractivity contribution in [2.45, 2.75) is 52.0 Å². The van der Waals surface area contributed by atoms with Crippen LogP contribution in [0.3, 0.4) is 0 Å². The van der Waals surface area contributed by atoms with E-state index >= 15 is 0 Å². The van der Waals surface area contributed by atoms with Gasteiger partial charge in [-0.3, -0.25) is 0 Å². The molecular formula is C13H23N. The van der Waals surface area contributed by atoms with Crippen LogP contribution in [-0.2, 0) is 0 Å². The van der Waals surface area contributed by atoms with Crippen molar-refractivity contribution in [1.29, 1.82) is 0 Å². The Morgan fingerprint density at radius 2 is 2.29 bits per heavy atom. The second kappa shape index (κ2) is 4.84. The topological polar surface area (TPSA) is 12.0 Å². The van der Waals surface area contributed by atoms with Crippen molar-refractivity contribution in [2.24, 2.45) is 11.3 Å². The van der Waals surface area contributed by atoms with E-state index < -0.39 is 0 Å². The van der Waals surface area contributed by atoms with Crippen molar-refractivity contribution in [3.05, 3.63) is 0 Å². The van der Waals surface area contributed by atoms with Crippen LogP contribution in [0.5, 0.6) is 0 Å². The molecule has 0 saturated heterocycles. The van der Waals surface area contributed by atoms with E-state index in [1.165, 1.54) is 19.3 Å². The van der Waals surface area contributed by atoms with Crippen LogP contribution in [0.1, 0.15) is 46.0 Å². The lowest BCUT2D eigenvalue weighted by molar-refractivity contribution is 0.196. The molecule has 1 nitrogen and oxygen atoms in total. The van der Waals surface area contributed by atoms with Gasteiger partial charge >= 0.3 is 0 Å². The van der Waals surface area contributed by atoms with Gasteiger partial charge in [0.25, 0.3) is 0 Å². The number of hydrogen-bond acceptors (Lipinski definition) is 1. The molecule has 1 rings (SSSR count). The standard InChI is InChI=1S/C13H23N/c1-5-6-9-12(14-4)11-8-7-10-13(11,2)3/h1,11-12,14H,6-10H2,2-4H3. The van der Waals surface area contributed by atoms with Crippen LogP contribution in [0, 0.1) is 23.7 Å². The van der Waals surface area contributed by atoms with E-state index in [4.69, 9.17) is 6.42 Å². The predicted octanol–water partition coefficient (Wildman–Crippen LogP) is 2.81. The maximum Gasteiger partial charge on any atom is 0.0106 e. The van der Waals surface area contributed by atoms with Crippen molar-refractivity contribution in [3.63, 3.8) is 0 Å². The lowest BCUT2D eigenvalue weighted by Crippen LogP contribution is -2.38. The quantitative estimate of drug-likeness (QED) is 0.677. The first-order valence-corrected chi connectivity index (χ1v) is 5.72. The zero-order valence-electron chi connectivity index (χ0n) is 9.77. The summed E-state index contributed by atoms with van der Waals surface area (Å²) in [5, 5.41) is 3.44. The fraction of sp³-hybridized carbons (Fsp3) is 0.846. The van der Waals surface area contributed by atoms with E-state index in [1.54, 1.807) is 0 Å². The van der Waals surface area contributed by atoms with E-state index in [2.05, 4.69) is 32.1 Å². The highest BCUT2D eigenvalue weighted by Crippen LogP contribution is 2.45. The Labute approximate surface area is 88.7 Å². The molecule has 0 bridgehead atoms.